The molecule has 4 heteroatoms. The highest BCUT2D eigenvalue weighted by molar-refractivity contribution is 9.10. The van der Waals surface area contributed by atoms with Gasteiger partial charge in [-0.3, -0.25) is 0 Å². The van der Waals surface area contributed by atoms with E-state index in [-0.39, 0.29) is 11.9 Å². The summed E-state index contributed by atoms with van der Waals surface area (Å²) in [5.41, 5.74) is 7.96. The predicted molar refractivity (Wildman–Crippen MR) is 77.7 cm³/mol. The molecule has 0 radical (unpaired) electrons. The fourth-order valence-corrected chi connectivity index (χ4v) is 2.43. The monoisotopic (exact) mass is 323 g/mol. The number of para-hydroxylation sites is 1. The molecule has 2 N–H and O–H groups in total. The van der Waals surface area contributed by atoms with Crippen molar-refractivity contribution in [1.29, 1.82) is 0 Å². The summed E-state index contributed by atoms with van der Waals surface area (Å²) >= 11 is 3.41. The van der Waals surface area contributed by atoms with Gasteiger partial charge < -0.3 is 10.5 Å². The van der Waals surface area contributed by atoms with Gasteiger partial charge in [-0.05, 0) is 36.2 Å². The molecule has 19 heavy (non-hydrogen) atoms. The number of ether oxygens (including phenoxy) is 1. The van der Waals surface area contributed by atoms with Gasteiger partial charge in [0.25, 0.3) is 0 Å². The molecule has 0 aliphatic carbocycles. The van der Waals surface area contributed by atoms with Crippen molar-refractivity contribution >= 4 is 15.9 Å². The Labute approximate surface area is 120 Å². The van der Waals surface area contributed by atoms with Crippen LogP contribution in [0.3, 0.4) is 0 Å². The summed E-state index contributed by atoms with van der Waals surface area (Å²) < 4.78 is 19.4. The topological polar surface area (TPSA) is 35.2 Å². The van der Waals surface area contributed by atoms with Crippen molar-refractivity contribution in [2.24, 2.45) is 5.73 Å². The Balaban J connectivity index is 2.25. The van der Waals surface area contributed by atoms with Crippen LogP contribution in [0.1, 0.15) is 17.2 Å². The number of benzene rings is 2. The largest absolute Gasteiger partial charge is 0.496 e. The van der Waals surface area contributed by atoms with Crippen LogP contribution in [-0.4, -0.2) is 7.11 Å². The number of hydrogen-bond donors (Lipinski definition) is 1. The summed E-state index contributed by atoms with van der Waals surface area (Å²) in [5, 5.41) is 0. The van der Waals surface area contributed by atoms with E-state index in [2.05, 4.69) is 15.9 Å². The second-order valence-electron chi connectivity index (χ2n) is 4.29. The van der Waals surface area contributed by atoms with E-state index in [1.807, 2.05) is 24.3 Å². The average molecular weight is 324 g/mol. The molecule has 100 valence electrons. The zero-order chi connectivity index (χ0) is 13.8. The lowest BCUT2D eigenvalue weighted by Crippen LogP contribution is -2.14. The molecule has 2 aromatic rings. The third-order valence-electron chi connectivity index (χ3n) is 2.99. The molecule has 1 atom stereocenters. The average Bonchev–Trinajstić information content (AvgIpc) is 2.42. The summed E-state index contributed by atoms with van der Waals surface area (Å²) in [5.74, 6) is 0.493. The smallest absolute Gasteiger partial charge is 0.123 e. The van der Waals surface area contributed by atoms with Gasteiger partial charge in [-0.15, -0.1) is 0 Å². The van der Waals surface area contributed by atoms with E-state index in [9.17, 15) is 4.39 Å². The van der Waals surface area contributed by atoms with Crippen LogP contribution in [0.4, 0.5) is 4.39 Å². The molecule has 0 aliphatic rings. The van der Waals surface area contributed by atoms with Gasteiger partial charge in [-0.1, -0.05) is 34.1 Å². The van der Waals surface area contributed by atoms with E-state index >= 15 is 0 Å². The molecule has 0 saturated carbocycles. The van der Waals surface area contributed by atoms with Gasteiger partial charge in [0, 0.05) is 16.1 Å². The van der Waals surface area contributed by atoms with Crippen LogP contribution in [-0.2, 0) is 6.42 Å². The second kappa shape index (κ2) is 6.17. The van der Waals surface area contributed by atoms with Crippen molar-refractivity contribution in [1.82, 2.24) is 0 Å². The Morgan fingerprint density at radius 2 is 2.00 bits per heavy atom. The van der Waals surface area contributed by atoms with E-state index in [0.29, 0.717) is 6.42 Å². The SMILES string of the molecule is COc1ccccc1C(N)Cc1cc(F)ccc1Br. The molecule has 0 amide bonds. The van der Waals surface area contributed by atoms with Crippen LogP contribution in [0, 0.1) is 5.82 Å². The Morgan fingerprint density at radius 3 is 2.74 bits per heavy atom. The maximum atomic E-state index is 13.3. The molecule has 0 heterocycles. The first-order valence-electron chi connectivity index (χ1n) is 5.94. The van der Waals surface area contributed by atoms with Gasteiger partial charge in [0.05, 0.1) is 7.11 Å². The third kappa shape index (κ3) is 3.33. The van der Waals surface area contributed by atoms with Crippen LogP contribution in [0.2, 0.25) is 0 Å². The molecule has 2 aromatic carbocycles. The van der Waals surface area contributed by atoms with Gasteiger partial charge in [0.1, 0.15) is 11.6 Å². The Morgan fingerprint density at radius 1 is 1.26 bits per heavy atom. The standard InChI is InChI=1S/C15H15BrFNO/c1-19-15-5-3-2-4-12(15)14(18)9-10-8-11(17)6-7-13(10)16/h2-8,14H,9,18H2,1H3. The summed E-state index contributed by atoms with van der Waals surface area (Å²) in [6, 6.07) is 12.0. The molecule has 2 nitrogen and oxygen atoms in total. The number of methoxy groups -OCH3 is 1. The normalized spacial score (nSPS) is 12.2. The van der Waals surface area contributed by atoms with Crippen molar-refractivity contribution in [3.05, 3.63) is 63.9 Å². The summed E-state index contributed by atoms with van der Waals surface area (Å²) in [6.07, 6.45) is 0.540. The molecule has 2 rings (SSSR count). The molecule has 1 unspecified atom stereocenters. The van der Waals surface area contributed by atoms with Crippen molar-refractivity contribution in [2.45, 2.75) is 12.5 Å². The molecule has 0 bridgehead atoms. The van der Waals surface area contributed by atoms with E-state index in [1.165, 1.54) is 12.1 Å². The zero-order valence-electron chi connectivity index (χ0n) is 10.6. The predicted octanol–water partition coefficient (Wildman–Crippen LogP) is 3.84. The lowest BCUT2D eigenvalue weighted by Gasteiger charge is -2.16. The van der Waals surface area contributed by atoms with Gasteiger partial charge in [0.15, 0.2) is 0 Å². The summed E-state index contributed by atoms with van der Waals surface area (Å²) in [7, 11) is 1.61. The van der Waals surface area contributed by atoms with Crippen LogP contribution >= 0.6 is 15.9 Å². The zero-order valence-corrected chi connectivity index (χ0v) is 12.2. The van der Waals surface area contributed by atoms with Crippen molar-refractivity contribution < 1.29 is 9.13 Å². The molecular formula is C15H15BrFNO. The van der Waals surface area contributed by atoms with E-state index in [1.54, 1.807) is 13.2 Å². The van der Waals surface area contributed by atoms with E-state index in [4.69, 9.17) is 10.5 Å². The van der Waals surface area contributed by atoms with Gasteiger partial charge in [-0.2, -0.15) is 0 Å². The molecular weight excluding hydrogens is 309 g/mol. The van der Waals surface area contributed by atoms with Crippen LogP contribution in [0.5, 0.6) is 5.75 Å². The van der Waals surface area contributed by atoms with Crippen molar-refractivity contribution in [3.8, 4) is 5.75 Å². The number of rotatable bonds is 4. The van der Waals surface area contributed by atoms with Crippen LogP contribution in [0.15, 0.2) is 46.9 Å². The maximum absolute atomic E-state index is 13.3. The van der Waals surface area contributed by atoms with Gasteiger partial charge in [0.2, 0.25) is 0 Å². The third-order valence-corrected chi connectivity index (χ3v) is 3.76. The van der Waals surface area contributed by atoms with Gasteiger partial charge in [-0.25, -0.2) is 4.39 Å². The van der Waals surface area contributed by atoms with Crippen molar-refractivity contribution in [2.75, 3.05) is 7.11 Å². The maximum Gasteiger partial charge on any atom is 0.123 e. The first-order chi connectivity index (χ1) is 9.11. The minimum Gasteiger partial charge on any atom is -0.496 e. The molecule has 0 aromatic heterocycles. The highest BCUT2D eigenvalue weighted by atomic mass is 79.9. The molecule has 0 spiro atoms. The van der Waals surface area contributed by atoms with E-state index in [0.717, 1.165) is 21.3 Å². The first-order valence-corrected chi connectivity index (χ1v) is 6.73. The van der Waals surface area contributed by atoms with Crippen molar-refractivity contribution in [3.63, 3.8) is 0 Å². The minimum absolute atomic E-state index is 0.241. The van der Waals surface area contributed by atoms with Crippen LogP contribution in [0.25, 0.3) is 0 Å². The summed E-state index contributed by atoms with van der Waals surface area (Å²) in [4.78, 5) is 0. The lowest BCUT2D eigenvalue weighted by atomic mass is 9.99. The number of hydrogen-bond acceptors (Lipinski definition) is 2. The Bertz CT molecular complexity index is 574. The summed E-state index contributed by atoms with van der Waals surface area (Å²) in [6.45, 7) is 0. The minimum atomic E-state index is -0.259. The van der Waals surface area contributed by atoms with Crippen LogP contribution < -0.4 is 10.5 Å². The lowest BCUT2D eigenvalue weighted by molar-refractivity contribution is 0.405. The molecule has 0 fully saturated rings. The Kier molecular flexibility index (Phi) is 4.56. The molecule has 0 saturated heterocycles. The fraction of sp³-hybridized carbons (Fsp3) is 0.200. The molecule has 0 aliphatic heterocycles. The fourth-order valence-electron chi connectivity index (χ4n) is 2.02. The Hall–Kier alpha value is -1.39. The second-order valence-corrected chi connectivity index (χ2v) is 5.14. The number of halogens is 2. The highest BCUT2D eigenvalue weighted by Gasteiger charge is 2.14. The quantitative estimate of drug-likeness (QED) is 0.927. The van der Waals surface area contributed by atoms with Gasteiger partial charge >= 0.3 is 0 Å². The highest BCUT2D eigenvalue weighted by Crippen LogP contribution is 2.28. The number of nitrogens with two attached hydrogens (primary N) is 1. The first kappa shape index (κ1) is 14.0. The van der Waals surface area contributed by atoms with E-state index < -0.39 is 0 Å².